The first-order valence-corrected chi connectivity index (χ1v) is 14.7. The molecule has 38 heavy (non-hydrogen) atoms. The summed E-state index contributed by atoms with van der Waals surface area (Å²) in [4.78, 5) is 4.95. The van der Waals surface area contributed by atoms with Crippen LogP contribution in [-0.2, 0) is 6.42 Å². The average Bonchev–Trinajstić information content (AvgIpc) is 3.66. The van der Waals surface area contributed by atoms with E-state index in [0.717, 1.165) is 60.0 Å². The number of ether oxygens (including phenoxy) is 3. The predicted molar refractivity (Wildman–Crippen MR) is 158 cm³/mol. The average molecular weight is 580 g/mol. The van der Waals surface area contributed by atoms with Crippen molar-refractivity contribution < 1.29 is 14.2 Å². The van der Waals surface area contributed by atoms with E-state index >= 15 is 0 Å². The van der Waals surface area contributed by atoms with Gasteiger partial charge in [-0.1, -0.05) is 24.3 Å². The Morgan fingerprint density at radius 2 is 1.34 bits per heavy atom. The molecule has 5 nitrogen and oxygen atoms in total. The highest BCUT2D eigenvalue weighted by atomic mass is 79.9. The van der Waals surface area contributed by atoms with E-state index in [0.29, 0.717) is 0 Å². The summed E-state index contributed by atoms with van der Waals surface area (Å²) in [5.74, 6) is 2.68. The lowest BCUT2D eigenvalue weighted by Crippen LogP contribution is -2.25. The van der Waals surface area contributed by atoms with Crippen molar-refractivity contribution >= 4 is 15.9 Å². The molecule has 0 aliphatic carbocycles. The summed E-state index contributed by atoms with van der Waals surface area (Å²) in [6.45, 7) is 8.24. The van der Waals surface area contributed by atoms with Crippen LogP contribution >= 0.6 is 15.9 Å². The minimum atomic E-state index is 0.721. The quantitative estimate of drug-likeness (QED) is 0.240. The zero-order chi connectivity index (χ0) is 26.2. The van der Waals surface area contributed by atoms with Crippen molar-refractivity contribution in [3.05, 3.63) is 76.3 Å². The van der Waals surface area contributed by atoms with Gasteiger partial charge in [0.05, 0.1) is 11.6 Å². The van der Waals surface area contributed by atoms with Gasteiger partial charge < -0.3 is 14.2 Å². The number of nitrogens with zero attached hydrogens (tertiary/aromatic N) is 2. The van der Waals surface area contributed by atoms with Gasteiger partial charge in [-0.2, -0.15) is 0 Å². The Morgan fingerprint density at radius 3 is 1.97 bits per heavy atom. The van der Waals surface area contributed by atoms with Gasteiger partial charge in [-0.3, -0.25) is 9.80 Å². The number of likely N-dealkylation sites (tertiary alicyclic amines) is 2. The van der Waals surface area contributed by atoms with Gasteiger partial charge >= 0.3 is 0 Å². The van der Waals surface area contributed by atoms with E-state index in [1.54, 1.807) is 7.11 Å². The number of hydrogen-bond donors (Lipinski definition) is 0. The molecule has 0 spiro atoms. The lowest BCUT2D eigenvalue weighted by atomic mass is 9.94. The van der Waals surface area contributed by atoms with Gasteiger partial charge in [0.1, 0.15) is 30.5 Å². The lowest BCUT2D eigenvalue weighted by Gasteiger charge is -2.16. The molecule has 2 aliphatic rings. The predicted octanol–water partition coefficient (Wildman–Crippen LogP) is 6.66. The highest BCUT2D eigenvalue weighted by molar-refractivity contribution is 9.10. The maximum Gasteiger partial charge on any atom is 0.133 e. The van der Waals surface area contributed by atoms with Crippen molar-refractivity contribution in [2.24, 2.45) is 0 Å². The number of hydrogen-bond acceptors (Lipinski definition) is 5. The molecular formula is C32H39BrN2O3. The summed E-state index contributed by atoms with van der Waals surface area (Å²) in [6, 6.07) is 21.2. The second-order valence-electron chi connectivity index (χ2n) is 10.3. The first-order valence-electron chi connectivity index (χ1n) is 13.9. The number of rotatable bonds is 12. The van der Waals surface area contributed by atoms with E-state index in [-0.39, 0.29) is 0 Å². The molecule has 0 atom stereocenters. The Labute approximate surface area is 235 Å². The molecular weight excluding hydrogens is 540 g/mol. The van der Waals surface area contributed by atoms with Crippen molar-refractivity contribution in [3.63, 3.8) is 0 Å². The van der Waals surface area contributed by atoms with Gasteiger partial charge in [0.25, 0.3) is 0 Å². The minimum Gasteiger partial charge on any atom is -0.497 e. The van der Waals surface area contributed by atoms with Crippen molar-refractivity contribution in [1.82, 2.24) is 9.80 Å². The second kappa shape index (κ2) is 13.5. The monoisotopic (exact) mass is 578 g/mol. The van der Waals surface area contributed by atoms with Gasteiger partial charge in [-0.25, -0.2) is 0 Å². The molecule has 0 bridgehead atoms. The van der Waals surface area contributed by atoms with Crippen LogP contribution in [0.1, 0.15) is 36.8 Å². The van der Waals surface area contributed by atoms with Gasteiger partial charge in [0, 0.05) is 13.1 Å². The normalized spacial score (nSPS) is 16.2. The second-order valence-corrected chi connectivity index (χ2v) is 11.1. The van der Waals surface area contributed by atoms with Crippen LogP contribution in [-0.4, -0.2) is 69.4 Å². The van der Waals surface area contributed by atoms with Crippen LogP contribution in [0, 0.1) is 0 Å². The van der Waals surface area contributed by atoms with Gasteiger partial charge in [0.15, 0.2) is 0 Å². The molecule has 0 N–H and O–H groups in total. The van der Waals surface area contributed by atoms with Crippen molar-refractivity contribution in [2.45, 2.75) is 32.1 Å². The van der Waals surface area contributed by atoms with E-state index in [1.165, 1.54) is 68.6 Å². The van der Waals surface area contributed by atoms with Crippen LogP contribution in [0.5, 0.6) is 17.2 Å². The molecule has 202 valence electrons. The Hall–Kier alpha value is -2.54. The van der Waals surface area contributed by atoms with Crippen molar-refractivity contribution in [3.8, 4) is 28.4 Å². The molecule has 0 radical (unpaired) electrons. The third kappa shape index (κ3) is 7.31. The fraction of sp³-hybridized carbons (Fsp3) is 0.438. The van der Waals surface area contributed by atoms with E-state index in [4.69, 9.17) is 14.2 Å². The highest BCUT2D eigenvalue weighted by Crippen LogP contribution is 2.33. The Morgan fingerprint density at radius 1 is 0.711 bits per heavy atom. The summed E-state index contributed by atoms with van der Waals surface area (Å²) in [5, 5.41) is 0. The first kappa shape index (κ1) is 27.0. The largest absolute Gasteiger partial charge is 0.497 e. The molecule has 3 aromatic carbocycles. The molecule has 2 saturated heterocycles. The molecule has 0 aromatic heterocycles. The summed E-state index contributed by atoms with van der Waals surface area (Å²) >= 11 is 3.73. The molecule has 2 heterocycles. The minimum absolute atomic E-state index is 0.721. The maximum absolute atomic E-state index is 6.08. The number of halogens is 1. The van der Waals surface area contributed by atoms with E-state index in [1.807, 2.05) is 6.07 Å². The fourth-order valence-electron chi connectivity index (χ4n) is 5.42. The van der Waals surface area contributed by atoms with Crippen LogP contribution < -0.4 is 14.2 Å². The topological polar surface area (TPSA) is 34.2 Å². The van der Waals surface area contributed by atoms with Crippen molar-refractivity contribution in [2.75, 3.05) is 59.6 Å². The molecule has 0 unspecified atom stereocenters. The number of methoxy groups -OCH3 is 1. The smallest absolute Gasteiger partial charge is 0.133 e. The molecule has 2 aliphatic heterocycles. The van der Waals surface area contributed by atoms with Gasteiger partial charge in [0.2, 0.25) is 0 Å². The summed E-state index contributed by atoms with van der Waals surface area (Å²) in [7, 11) is 1.72. The van der Waals surface area contributed by atoms with Crippen LogP contribution in [0.3, 0.4) is 0 Å². The summed E-state index contributed by atoms with van der Waals surface area (Å²) < 4.78 is 18.7. The number of benzene rings is 3. The zero-order valence-electron chi connectivity index (χ0n) is 22.5. The maximum atomic E-state index is 6.08. The Bertz CT molecular complexity index is 1170. The Balaban J connectivity index is 1.23. The zero-order valence-corrected chi connectivity index (χ0v) is 24.0. The molecule has 0 amide bonds. The van der Waals surface area contributed by atoms with Crippen LogP contribution in [0.2, 0.25) is 0 Å². The third-order valence-electron chi connectivity index (χ3n) is 7.61. The highest BCUT2D eigenvalue weighted by Gasteiger charge is 2.14. The molecule has 2 fully saturated rings. The van der Waals surface area contributed by atoms with Crippen molar-refractivity contribution in [1.29, 1.82) is 0 Å². The third-order valence-corrected chi connectivity index (χ3v) is 8.23. The van der Waals surface area contributed by atoms with E-state index < -0.39 is 0 Å². The van der Waals surface area contributed by atoms with Crippen LogP contribution in [0.25, 0.3) is 11.1 Å². The van der Waals surface area contributed by atoms with Gasteiger partial charge in [-0.05, 0) is 133 Å². The molecule has 5 rings (SSSR count). The lowest BCUT2D eigenvalue weighted by molar-refractivity contribution is 0.237. The summed E-state index contributed by atoms with van der Waals surface area (Å²) in [6.07, 6.45) is 6.06. The standard InChI is InChI=1S/C32H39BrN2O3/c1-36-29-12-9-27(22-25-6-13-32(31(33)23-25)38-21-19-35-16-4-5-17-35)30(24-29)26-7-10-28(11-8-26)37-20-18-34-14-2-3-15-34/h6-13,23-24H,2-5,14-22H2,1H3. The molecule has 3 aromatic rings. The molecule has 0 saturated carbocycles. The molecule has 6 heteroatoms. The van der Waals surface area contributed by atoms with E-state index in [2.05, 4.69) is 80.3 Å². The SMILES string of the molecule is COc1ccc(Cc2ccc(OCCN3CCCC3)c(Br)c2)c(-c2ccc(OCCN3CCCC3)cc2)c1. The van der Waals surface area contributed by atoms with Gasteiger partial charge in [-0.15, -0.1) is 0 Å². The first-order chi connectivity index (χ1) is 18.7. The Kier molecular flexibility index (Phi) is 9.61. The van der Waals surface area contributed by atoms with Crippen LogP contribution in [0.4, 0.5) is 0 Å². The van der Waals surface area contributed by atoms with E-state index in [9.17, 15) is 0 Å². The summed E-state index contributed by atoms with van der Waals surface area (Å²) in [5.41, 5.74) is 4.82. The fourth-order valence-corrected chi connectivity index (χ4v) is 5.96. The van der Waals surface area contributed by atoms with Crippen LogP contribution in [0.15, 0.2) is 65.1 Å².